The zero-order chi connectivity index (χ0) is 13.1. The Kier molecular flexibility index (Phi) is 4.36. The minimum Gasteiger partial charge on any atom is -0.490 e. The number of hydrogen-bond donors (Lipinski definition) is 1. The predicted octanol–water partition coefficient (Wildman–Crippen LogP) is 3.55. The van der Waals surface area contributed by atoms with E-state index in [9.17, 15) is 0 Å². The number of ether oxygens (including phenoxy) is 2. The molecule has 2 N–H and O–H groups in total. The van der Waals surface area contributed by atoms with Crippen LogP contribution in [0.1, 0.15) is 38.3 Å². The van der Waals surface area contributed by atoms with Crippen LogP contribution in [0.4, 0.5) is 0 Å². The van der Waals surface area contributed by atoms with Gasteiger partial charge < -0.3 is 15.2 Å². The number of nitrogens with two attached hydrogens (primary N) is 1. The van der Waals surface area contributed by atoms with Crippen LogP contribution in [-0.4, -0.2) is 13.2 Å². The van der Waals surface area contributed by atoms with E-state index in [1.165, 1.54) is 12.8 Å². The van der Waals surface area contributed by atoms with E-state index in [4.69, 9.17) is 26.8 Å². The van der Waals surface area contributed by atoms with E-state index in [1.54, 1.807) is 0 Å². The first-order chi connectivity index (χ1) is 8.67. The third-order valence-electron chi connectivity index (χ3n) is 3.15. The van der Waals surface area contributed by atoms with Crippen molar-refractivity contribution in [2.45, 2.75) is 32.7 Å². The van der Waals surface area contributed by atoms with E-state index < -0.39 is 0 Å². The number of benzene rings is 1. The molecule has 1 saturated carbocycles. The van der Waals surface area contributed by atoms with E-state index in [0.29, 0.717) is 29.9 Å². The summed E-state index contributed by atoms with van der Waals surface area (Å²) in [5.74, 6) is 1.99. The summed E-state index contributed by atoms with van der Waals surface area (Å²) in [5.41, 5.74) is 7.17. The van der Waals surface area contributed by atoms with Crippen LogP contribution in [0.5, 0.6) is 11.5 Å². The molecular weight excluding hydrogens is 250 g/mol. The van der Waals surface area contributed by atoms with Crippen LogP contribution in [0.15, 0.2) is 12.1 Å². The maximum atomic E-state index is 6.29. The lowest BCUT2D eigenvalue weighted by Crippen LogP contribution is -2.13. The first-order valence-electron chi connectivity index (χ1n) is 6.52. The highest BCUT2D eigenvalue weighted by Gasteiger charge is 2.31. The standard InChI is InChI=1S/C14H20ClNO2/c1-3-17-12-7-10(14(16)9-5-6-9)11(15)8-13(12)18-4-2/h7-9,14H,3-6,16H2,1-2H3. The Bertz CT molecular complexity index is 419. The van der Waals surface area contributed by atoms with Gasteiger partial charge in [-0.05, 0) is 44.2 Å². The molecule has 1 unspecified atom stereocenters. The van der Waals surface area contributed by atoms with Gasteiger partial charge >= 0.3 is 0 Å². The molecule has 4 heteroatoms. The zero-order valence-electron chi connectivity index (χ0n) is 10.9. The molecule has 1 aromatic carbocycles. The minimum atomic E-state index is 0.00684. The van der Waals surface area contributed by atoms with Crippen LogP contribution in [0.25, 0.3) is 0 Å². The van der Waals surface area contributed by atoms with Crippen molar-refractivity contribution in [1.82, 2.24) is 0 Å². The van der Waals surface area contributed by atoms with E-state index >= 15 is 0 Å². The molecule has 0 aliphatic heterocycles. The van der Waals surface area contributed by atoms with Gasteiger partial charge in [-0.3, -0.25) is 0 Å². The van der Waals surface area contributed by atoms with Gasteiger partial charge in [0.1, 0.15) is 0 Å². The summed E-state index contributed by atoms with van der Waals surface area (Å²) >= 11 is 6.29. The fourth-order valence-electron chi connectivity index (χ4n) is 2.05. The lowest BCUT2D eigenvalue weighted by atomic mass is 10.0. The summed E-state index contributed by atoms with van der Waals surface area (Å²) in [6.45, 7) is 5.07. The molecule has 18 heavy (non-hydrogen) atoms. The number of hydrogen-bond acceptors (Lipinski definition) is 3. The molecule has 2 rings (SSSR count). The smallest absolute Gasteiger partial charge is 0.162 e. The molecule has 100 valence electrons. The molecule has 0 spiro atoms. The Morgan fingerprint density at radius 2 is 1.78 bits per heavy atom. The highest BCUT2D eigenvalue weighted by Crippen LogP contribution is 2.44. The Hall–Kier alpha value is -0.930. The first-order valence-corrected chi connectivity index (χ1v) is 6.89. The Balaban J connectivity index is 2.32. The maximum Gasteiger partial charge on any atom is 0.162 e. The van der Waals surface area contributed by atoms with Crippen molar-refractivity contribution in [1.29, 1.82) is 0 Å². The normalized spacial score (nSPS) is 16.4. The maximum absolute atomic E-state index is 6.29. The Morgan fingerprint density at radius 1 is 1.22 bits per heavy atom. The third kappa shape index (κ3) is 2.90. The summed E-state index contributed by atoms with van der Waals surface area (Å²) in [4.78, 5) is 0. The highest BCUT2D eigenvalue weighted by atomic mass is 35.5. The van der Waals surface area contributed by atoms with Gasteiger partial charge in [-0.25, -0.2) is 0 Å². The van der Waals surface area contributed by atoms with Crippen LogP contribution in [0.3, 0.4) is 0 Å². The van der Waals surface area contributed by atoms with Gasteiger partial charge in [0.15, 0.2) is 11.5 Å². The summed E-state index contributed by atoms with van der Waals surface area (Å²) in [7, 11) is 0. The molecule has 1 fully saturated rings. The van der Waals surface area contributed by atoms with Gasteiger partial charge in [0.2, 0.25) is 0 Å². The van der Waals surface area contributed by atoms with Gasteiger partial charge in [-0.1, -0.05) is 11.6 Å². The zero-order valence-corrected chi connectivity index (χ0v) is 11.7. The van der Waals surface area contributed by atoms with Gasteiger partial charge in [0, 0.05) is 17.1 Å². The molecule has 1 aromatic rings. The molecule has 0 aromatic heterocycles. The molecule has 1 aliphatic carbocycles. The van der Waals surface area contributed by atoms with Gasteiger partial charge in [-0.15, -0.1) is 0 Å². The van der Waals surface area contributed by atoms with Crippen molar-refractivity contribution in [2.75, 3.05) is 13.2 Å². The lowest BCUT2D eigenvalue weighted by Gasteiger charge is -2.17. The summed E-state index contributed by atoms with van der Waals surface area (Å²) in [6, 6.07) is 3.75. The average Bonchev–Trinajstić information content (AvgIpc) is 3.16. The van der Waals surface area contributed by atoms with Crippen molar-refractivity contribution in [3.63, 3.8) is 0 Å². The topological polar surface area (TPSA) is 44.5 Å². The van der Waals surface area contributed by atoms with Crippen molar-refractivity contribution >= 4 is 11.6 Å². The van der Waals surface area contributed by atoms with Gasteiger partial charge in [-0.2, -0.15) is 0 Å². The second-order valence-electron chi connectivity index (χ2n) is 4.55. The van der Waals surface area contributed by atoms with Gasteiger partial charge in [0.25, 0.3) is 0 Å². The molecule has 1 aliphatic rings. The van der Waals surface area contributed by atoms with Crippen molar-refractivity contribution in [2.24, 2.45) is 11.7 Å². The lowest BCUT2D eigenvalue weighted by molar-refractivity contribution is 0.287. The number of rotatable bonds is 6. The van der Waals surface area contributed by atoms with Crippen molar-refractivity contribution < 1.29 is 9.47 Å². The van der Waals surface area contributed by atoms with Gasteiger partial charge in [0.05, 0.1) is 13.2 Å². The monoisotopic (exact) mass is 269 g/mol. The highest BCUT2D eigenvalue weighted by molar-refractivity contribution is 6.31. The summed E-state index contributed by atoms with van der Waals surface area (Å²) in [5, 5.41) is 0.668. The second-order valence-corrected chi connectivity index (χ2v) is 4.96. The van der Waals surface area contributed by atoms with E-state index in [0.717, 1.165) is 11.3 Å². The van der Waals surface area contributed by atoms with Crippen LogP contribution < -0.4 is 15.2 Å². The fraction of sp³-hybridized carbons (Fsp3) is 0.571. The molecule has 1 atom stereocenters. The van der Waals surface area contributed by atoms with Crippen molar-refractivity contribution in [3.8, 4) is 11.5 Å². The van der Waals surface area contributed by atoms with Crippen LogP contribution in [-0.2, 0) is 0 Å². The quantitative estimate of drug-likeness (QED) is 0.859. The summed E-state index contributed by atoms with van der Waals surface area (Å²) in [6.07, 6.45) is 2.38. The Labute approximate surface area is 113 Å². The molecule has 0 saturated heterocycles. The van der Waals surface area contributed by atoms with Crippen LogP contribution in [0, 0.1) is 5.92 Å². The van der Waals surface area contributed by atoms with Crippen LogP contribution in [0.2, 0.25) is 5.02 Å². The number of halogens is 1. The summed E-state index contributed by atoms with van der Waals surface area (Å²) < 4.78 is 11.1. The minimum absolute atomic E-state index is 0.00684. The van der Waals surface area contributed by atoms with E-state index in [-0.39, 0.29) is 6.04 Å². The Morgan fingerprint density at radius 3 is 2.28 bits per heavy atom. The van der Waals surface area contributed by atoms with Crippen LogP contribution >= 0.6 is 11.6 Å². The molecule has 3 nitrogen and oxygen atoms in total. The second kappa shape index (κ2) is 5.81. The molecular formula is C14H20ClNO2. The average molecular weight is 270 g/mol. The third-order valence-corrected chi connectivity index (χ3v) is 3.48. The van der Waals surface area contributed by atoms with E-state index in [2.05, 4.69) is 0 Å². The van der Waals surface area contributed by atoms with Crippen molar-refractivity contribution in [3.05, 3.63) is 22.7 Å². The molecule has 0 heterocycles. The predicted molar refractivity (Wildman–Crippen MR) is 73.4 cm³/mol. The largest absolute Gasteiger partial charge is 0.490 e. The first kappa shape index (κ1) is 13.5. The molecule has 0 amide bonds. The molecule has 0 bridgehead atoms. The SMILES string of the molecule is CCOc1cc(Cl)c(C(N)C2CC2)cc1OCC. The fourth-order valence-corrected chi connectivity index (χ4v) is 2.33. The van der Waals surface area contributed by atoms with E-state index in [1.807, 2.05) is 26.0 Å². The molecule has 0 radical (unpaired) electrons.